The normalized spacial score (nSPS) is 13.2. The summed E-state index contributed by atoms with van der Waals surface area (Å²) in [4.78, 5) is 9.89. The van der Waals surface area contributed by atoms with Crippen molar-refractivity contribution >= 4 is 66.5 Å². The molecule has 6 nitrogen and oxygen atoms in total. The fraction of sp³-hybridized carbons (Fsp3) is 0.197. The number of hydrogen-bond donors (Lipinski definition) is 0. The minimum atomic E-state index is -0.0585. The Morgan fingerprint density at radius 1 is 0.472 bits per heavy atom. The molecule has 4 heterocycles. The van der Waals surface area contributed by atoms with Crippen molar-refractivity contribution in [2.24, 2.45) is 0 Å². The van der Waals surface area contributed by atoms with Crippen LogP contribution in [-0.2, 0) is 16.2 Å². The van der Waals surface area contributed by atoms with Crippen LogP contribution in [0.3, 0.4) is 0 Å². The first-order valence-corrected chi connectivity index (χ1v) is 25.2. The zero-order valence-corrected chi connectivity index (χ0v) is 42.7. The molecule has 1 aliphatic heterocycles. The maximum atomic E-state index is 6.91. The molecule has 12 rings (SSSR count). The average Bonchev–Trinajstić information content (AvgIpc) is 4.05. The molecule has 356 valence electrons. The first-order valence-electron chi connectivity index (χ1n) is 25.2. The fourth-order valence-corrected chi connectivity index (χ4v) is 10.7. The summed E-state index contributed by atoms with van der Waals surface area (Å²) in [6.45, 7) is 21.0. The number of pyridine rings is 1. The van der Waals surface area contributed by atoms with Gasteiger partial charge in [0.25, 0.3) is 0 Å². The van der Waals surface area contributed by atoms with Gasteiger partial charge in [0, 0.05) is 51.3 Å². The summed E-state index contributed by atoms with van der Waals surface area (Å²) in [5, 5.41) is 4.33. The van der Waals surface area contributed by atoms with Gasteiger partial charge >= 0.3 is 0 Å². The van der Waals surface area contributed by atoms with Crippen LogP contribution < -0.4 is 14.5 Å². The summed E-state index contributed by atoms with van der Waals surface area (Å²) in [6.07, 6.45) is 1.92. The van der Waals surface area contributed by atoms with Gasteiger partial charge in [-0.1, -0.05) is 165 Å². The second-order valence-corrected chi connectivity index (χ2v) is 22.5. The van der Waals surface area contributed by atoms with Gasteiger partial charge in [0.15, 0.2) is 0 Å². The molecule has 0 aliphatic carbocycles. The van der Waals surface area contributed by atoms with E-state index < -0.39 is 0 Å². The Kier molecular flexibility index (Phi) is 10.5. The number of rotatable bonds is 7. The van der Waals surface area contributed by atoms with Gasteiger partial charge in [-0.3, -0.25) is 4.57 Å². The van der Waals surface area contributed by atoms with Crippen molar-refractivity contribution < 1.29 is 9.15 Å². The summed E-state index contributed by atoms with van der Waals surface area (Å²) >= 11 is 0. The molecule has 0 N–H and O–H groups in total. The first-order chi connectivity index (χ1) is 34.6. The van der Waals surface area contributed by atoms with Gasteiger partial charge in [-0.05, 0) is 111 Å². The highest BCUT2D eigenvalue weighted by atomic mass is 16.5. The van der Waals surface area contributed by atoms with Gasteiger partial charge in [-0.2, -0.15) is 0 Å². The maximum absolute atomic E-state index is 6.91. The summed E-state index contributed by atoms with van der Waals surface area (Å²) in [5.41, 5.74) is 16.9. The molecule has 0 radical (unpaired) electrons. The standard InChI is InChI=1S/C66H60N4O2/c1-64(2,3)44-28-24-42(25-29-44)50-19-15-20-51(43-26-30-45(31-27-43)65(4,5)6)62(50)69-41-68(55-21-11-12-22-56(55)69)47-16-14-17-48(39-47)71-49-32-33-54-58(40-49)70(60-38-46(36-37-67-60)66(7,8)9)57-35-34-53-52-18-10-13-23-59(52)72-63(53)61(54)57/h10-40H,41H2,1-9H3. The molecule has 0 spiro atoms. The monoisotopic (exact) mass is 940 g/mol. The SMILES string of the molecule is CC(C)(C)c1ccc(-c2cccc(-c3ccc(C(C)(C)C)cc3)c2N2CN(c3cccc(Oc4ccc5c6c7oc8ccccc8c7ccc6n(-c6cc(C(C)(C)C)ccn6)c5c4)c3)c3ccccc32)cc1. The van der Waals surface area contributed by atoms with Crippen LogP contribution >= 0.6 is 0 Å². The van der Waals surface area contributed by atoms with E-state index in [1.807, 2.05) is 24.4 Å². The third-order valence-electron chi connectivity index (χ3n) is 14.6. The number of benzene rings is 8. The Bertz CT molecular complexity index is 3800. The molecule has 8 aromatic carbocycles. The Hall–Kier alpha value is -8.09. The Morgan fingerprint density at radius 3 is 1.74 bits per heavy atom. The average molecular weight is 941 g/mol. The van der Waals surface area contributed by atoms with Crippen molar-refractivity contribution in [2.75, 3.05) is 16.5 Å². The van der Waals surface area contributed by atoms with Crippen molar-refractivity contribution in [1.82, 2.24) is 9.55 Å². The topological polar surface area (TPSA) is 46.7 Å². The number of hydrogen-bond acceptors (Lipinski definition) is 5. The molecule has 0 fully saturated rings. The van der Waals surface area contributed by atoms with Crippen molar-refractivity contribution in [3.8, 4) is 39.6 Å². The second kappa shape index (κ2) is 16.8. The zero-order chi connectivity index (χ0) is 49.7. The van der Waals surface area contributed by atoms with Crippen molar-refractivity contribution in [2.45, 2.75) is 78.6 Å². The quantitative estimate of drug-likeness (QED) is 0.159. The molecular weight excluding hydrogens is 881 g/mol. The van der Waals surface area contributed by atoms with Gasteiger partial charge in [0.05, 0.1) is 33.5 Å². The predicted octanol–water partition coefficient (Wildman–Crippen LogP) is 18.3. The smallest absolute Gasteiger partial charge is 0.145 e. The van der Waals surface area contributed by atoms with Gasteiger partial charge in [0.2, 0.25) is 0 Å². The molecule has 6 heteroatoms. The highest BCUT2D eigenvalue weighted by Gasteiger charge is 2.32. The summed E-state index contributed by atoms with van der Waals surface area (Å²) in [7, 11) is 0. The van der Waals surface area contributed by atoms with Crippen molar-refractivity contribution in [3.63, 3.8) is 0 Å². The van der Waals surface area contributed by atoms with Crippen LogP contribution in [0.15, 0.2) is 193 Å². The van der Waals surface area contributed by atoms with E-state index in [2.05, 4.69) is 240 Å². The second-order valence-electron chi connectivity index (χ2n) is 22.5. The molecule has 0 unspecified atom stereocenters. The highest BCUT2D eigenvalue weighted by Crippen LogP contribution is 2.51. The van der Waals surface area contributed by atoms with Gasteiger partial charge in [-0.25, -0.2) is 4.98 Å². The lowest BCUT2D eigenvalue weighted by molar-refractivity contribution is 0.483. The lowest BCUT2D eigenvalue weighted by atomic mass is 9.85. The van der Waals surface area contributed by atoms with Crippen LogP contribution in [0.25, 0.3) is 71.8 Å². The van der Waals surface area contributed by atoms with E-state index in [1.165, 1.54) is 44.6 Å². The minimum Gasteiger partial charge on any atom is -0.457 e. The fourth-order valence-electron chi connectivity index (χ4n) is 10.7. The molecule has 1 aliphatic rings. The Balaban J connectivity index is 0.946. The molecule has 0 saturated carbocycles. The molecule has 11 aromatic rings. The van der Waals surface area contributed by atoms with E-state index in [1.54, 1.807) is 0 Å². The number of para-hydroxylation sites is 4. The third-order valence-corrected chi connectivity index (χ3v) is 14.6. The lowest BCUT2D eigenvalue weighted by Crippen LogP contribution is -2.25. The molecule has 3 aromatic heterocycles. The van der Waals surface area contributed by atoms with E-state index in [-0.39, 0.29) is 16.2 Å². The number of anilines is 4. The Labute approximate surface area is 422 Å². The first kappa shape index (κ1) is 45.1. The van der Waals surface area contributed by atoms with Gasteiger partial charge in [-0.15, -0.1) is 0 Å². The number of nitrogens with zero attached hydrogens (tertiary/aromatic N) is 4. The van der Waals surface area contributed by atoms with Crippen LogP contribution in [-0.4, -0.2) is 16.2 Å². The maximum Gasteiger partial charge on any atom is 0.145 e. The van der Waals surface area contributed by atoms with Crippen LogP contribution in [0, 0.1) is 0 Å². The molecule has 0 atom stereocenters. The van der Waals surface area contributed by atoms with Crippen LogP contribution in [0.1, 0.15) is 79.0 Å². The van der Waals surface area contributed by atoms with Gasteiger partial charge < -0.3 is 19.0 Å². The molecule has 72 heavy (non-hydrogen) atoms. The van der Waals surface area contributed by atoms with E-state index in [4.69, 9.17) is 14.1 Å². The van der Waals surface area contributed by atoms with E-state index in [0.717, 1.165) is 78.1 Å². The van der Waals surface area contributed by atoms with E-state index >= 15 is 0 Å². The Morgan fingerprint density at radius 2 is 1.07 bits per heavy atom. The molecule has 0 amide bonds. The third kappa shape index (κ3) is 7.77. The highest BCUT2D eigenvalue weighted by molar-refractivity contribution is 6.24. The number of furan rings is 1. The molecule has 0 saturated heterocycles. The summed E-state index contributed by atoms with van der Waals surface area (Å²) < 4.78 is 15.8. The van der Waals surface area contributed by atoms with Crippen LogP contribution in [0.2, 0.25) is 0 Å². The summed E-state index contributed by atoms with van der Waals surface area (Å²) in [6, 6.07) is 65.7. The lowest BCUT2D eigenvalue weighted by Gasteiger charge is -2.28. The van der Waals surface area contributed by atoms with E-state index in [0.29, 0.717) is 6.67 Å². The van der Waals surface area contributed by atoms with E-state index in [9.17, 15) is 0 Å². The molecule has 0 bridgehead atoms. The van der Waals surface area contributed by atoms with Gasteiger partial charge in [0.1, 0.15) is 35.2 Å². The number of aromatic nitrogens is 2. The predicted molar refractivity (Wildman–Crippen MR) is 301 cm³/mol. The number of ether oxygens (including phenoxy) is 1. The summed E-state index contributed by atoms with van der Waals surface area (Å²) in [5.74, 6) is 2.33. The zero-order valence-electron chi connectivity index (χ0n) is 42.7. The minimum absolute atomic E-state index is 0.0523. The van der Waals surface area contributed by atoms with Crippen molar-refractivity contribution in [3.05, 3.63) is 205 Å². The van der Waals surface area contributed by atoms with Crippen molar-refractivity contribution in [1.29, 1.82) is 0 Å². The number of fused-ring (bicyclic) bond motifs is 8. The largest absolute Gasteiger partial charge is 0.457 e. The molecular formula is C66H60N4O2. The van der Waals surface area contributed by atoms with Crippen LogP contribution in [0.5, 0.6) is 11.5 Å². The van der Waals surface area contributed by atoms with Crippen LogP contribution in [0.4, 0.5) is 22.7 Å².